The second-order valence-electron chi connectivity index (χ2n) is 7.03. The van der Waals surface area contributed by atoms with Gasteiger partial charge in [0.2, 0.25) is 0 Å². The normalized spacial score (nSPS) is 11.5. The number of hydrogen-bond acceptors (Lipinski definition) is 3. The molecule has 1 atom stereocenters. The Morgan fingerprint density at radius 1 is 0.793 bits per heavy atom. The van der Waals surface area contributed by atoms with E-state index in [1.54, 1.807) is 0 Å². The molecule has 1 N–H and O–H groups in total. The Hall–Kier alpha value is -3.27. The SMILES string of the molecule is C[C@H](CCc1ccccc1)NC(=O)COc1ccc(OCc2ccccc2)cc1. The van der Waals surface area contributed by atoms with E-state index >= 15 is 0 Å². The standard InChI is InChI=1S/C25H27NO3/c1-20(12-13-21-8-4-2-5-9-21)26-25(27)19-29-24-16-14-23(15-17-24)28-18-22-10-6-3-7-11-22/h2-11,14-17,20H,12-13,18-19H2,1H3,(H,26,27)/t20-/m1/s1. The molecule has 0 aliphatic heterocycles. The number of carbonyl (C=O) groups excluding carboxylic acids is 1. The minimum Gasteiger partial charge on any atom is -0.489 e. The first kappa shape index (κ1) is 20.5. The highest BCUT2D eigenvalue weighted by atomic mass is 16.5. The minimum absolute atomic E-state index is 0.000103. The van der Waals surface area contributed by atoms with E-state index in [1.807, 2.05) is 79.7 Å². The van der Waals surface area contributed by atoms with Gasteiger partial charge in [-0.3, -0.25) is 4.79 Å². The number of hydrogen-bond donors (Lipinski definition) is 1. The molecule has 4 heteroatoms. The molecule has 3 rings (SSSR count). The summed E-state index contributed by atoms with van der Waals surface area (Å²) >= 11 is 0. The van der Waals surface area contributed by atoms with Gasteiger partial charge in [0.1, 0.15) is 18.1 Å². The Morgan fingerprint density at radius 2 is 1.34 bits per heavy atom. The summed E-state index contributed by atoms with van der Waals surface area (Å²) in [6.07, 6.45) is 1.83. The van der Waals surface area contributed by atoms with Gasteiger partial charge in [-0.05, 0) is 55.2 Å². The fourth-order valence-electron chi connectivity index (χ4n) is 2.94. The lowest BCUT2D eigenvalue weighted by Gasteiger charge is -2.14. The predicted molar refractivity (Wildman–Crippen MR) is 115 cm³/mol. The van der Waals surface area contributed by atoms with Gasteiger partial charge in [0, 0.05) is 6.04 Å². The third-order valence-electron chi connectivity index (χ3n) is 4.56. The number of aryl methyl sites for hydroxylation is 1. The van der Waals surface area contributed by atoms with Crippen LogP contribution in [0.2, 0.25) is 0 Å². The molecule has 0 saturated carbocycles. The molecule has 3 aromatic rings. The summed E-state index contributed by atoms with van der Waals surface area (Å²) in [6, 6.07) is 27.7. The van der Waals surface area contributed by atoms with Gasteiger partial charge in [0.05, 0.1) is 0 Å². The molecule has 1 amide bonds. The highest BCUT2D eigenvalue weighted by molar-refractivity contribution is 5.77. The first-order valence-electron chi connectivity index (χ1n) is 9.92. The van der Waals surface area contributed by atoms with Crippen LogP contribution in [0, 0.1) is 0 Å². The zero-order valence-electron chi connectivity index (χ0n) is 16.7. The number of benzene rings is 3. The molecular formula is C25H27NO3. The Kier molecular flexibility index (Phi) is 7.70. The Balaban J connectivity index is 1.36. The summed E-state index contributed by atoms with van der Waals surface area (Å²) in [5.74, 6) is 1.29. The van der Waals surface area contributed by atoms with Crippen molar-refractivity contribution >= 4 is 5.91 Å². The minimum atomic E-state index is -0.116. The van der Waals surface area contributed by atoms with Crippen molar-refractivity contribution in [3.63, 3.8) is 0 Å². The maximum Gasteiger partial charge on any atom is 0.258 e. The van der Waals surface area contributed by atoms with Gasteiger partial charge in [-0.1, -0.05) is 60.7 Å². The molecule has 0 fully saturated rings. The van der Waals surface area contributed by atoms with Crippen molar-refractivity contribution in [2.24, 2.45) is 0 Å². The summed E-state index contributed by atoms with van der Waals surface area (Å²) in [4.78, 5) is 12.1. The van der Waals surface area contributed by atoms with E-state index in [9.17, 15) is 4.79 Å². The average molecular weight is 389 g/mol. The number of amides is 1. The van der Waals surface area contributed by atoms with Crippen molar-refractivity contribution in [2.75, 3.05) is 6.61 Å². The quantitative estimate of drug-likeness (QED) is 0.543. The topological polar surface area (TPSA) is 47.6 Å². The first-order valence-corrected chi connectivity index (χ1v) is 9.92. The number of carbonyl (C=O) groups is 1. The van der Waals surface area contributed by atoms with Crippen LogP contribution in [-0.4, -0.2) is 18.6 Å². The number of rotatable bonds is 10. The Labute approximate surface area is 172 Å². The third kappa shape index (κ3) is 7.34. The molecule has 0 unspecified atom stereocenters. The van der Waals surface area contributed by atoms with Gasteiger partial charge in [0.15, 0.2) is 6.61 Å². The van der Waals surface area contributed by atoms with E-state index in [2.05, 4.69) is 17.4 Å². The van der Waals surface area contributed by atoms with Crippen molar-refractivity contribution in [3.8, 4) is 11.5 Å². The van der Waals surface area contributed by atoms with Crippen LogP contribution >= 0.6 is 0 Å². The highest BCUT2D eigenvalue weighted by Gasteiger charge is 2.08. The van der Waals surface area contributed by atoms with Crippen molar-refractivity contribution < 1.29 is 14.3 Å². The average Bonchev–Trinajstić information content (AvgIpc) is 2.77. The van der Waals surface area contributed by atoms with E-state index in [-0.39, 0.29) is 18.6 Å². The summed E-state index contributed by atoms with van der Waals surface area (Å²) in [5, 5.41) is 2.98. The number of ether oxygens (including phenoxy) is 2. The molecule has 0 heterocycles. The van der Waals surface area contributed by atoms with E-state index < -0.39 is 0 Å². The Bertz CT molecular complexity index is 864. The molecular weight excluding hydrogens is 362 g/mol. The molecule has 0 spiro atoms. The van der Waals surface area contributed by atoms with Gasteiger partial charge in [0.25, 0.3) is 5.91 Å². The second-order valence-corrected chi connectivity index (χ2v) is 7.03. The summed E-state index contributed by atoms with van der Waals surface area (Å²) in [7, 11) is 0. The van der Waals surface area contributed by atoms with Crippen LogP contribution in [0.5, 0.6) is 11.5 Å². The molecule has 29 heavy (non-hydrogen) atoms. The van der Waals surface area contributed by atoms with Crippen LogP contribution in [0.25, 0.3) is 0 Å². The van der Waals surface area contributed by atoms with Crippen molar-refractivity contribution in [1.82, 2.24) is 5.32 Å². The lowest BCUT2D eigenvalue weighted by molar-refractivity contribution is -0.123. The van der Waals surface area contributed by atoms with Gasteiger partial charge in [-0.2, -0.15) is 0 Å². The molecule has 0 saturated heterocycles. The molecule has 0 aliphatic rings. The van der Waals surface area contributed by atoms with E-state index in [1.165, 1.54) is 5.56 Å². The first-order chi connectivity index (χ1) is 14.2. The lowest BCUT2D eigenvalue weighted by Crippen LogP contribution is -2.36. The zero-order chi connectivity index (χ0) is 20.3. The molecule has 4 nitrogen and oxygen atoms in total. The molecule has 0 aliphatic carbocycles. The molecule has 3 aromatic carbocycles. The number of nitrogens with one attached hydrogen (secondary N) is 1. The van der Waals surface area contributed by atoms with Gasteiger partial charge >= 0.3 is 0 Å². The predicted octanol–water partition coefficient (Wildman–Crippen LogP) is 4.78. The molecule has 0 aromatic heterocycles. The molecule has 150 valence electrons. The van der Waals surface area contributed by atoms with E-state index in [0.717, 1.165) is 24.2 Å². The Morgan fingerprint density at radius 3 is 1.97 bits per heavy atom. The van der Waals surface area contributed by atoms with Crippen LogP contribution in [0.4, 0.5) is 0 Å². The third-order valence-corrected chi connectivity index (χ3v) is 4.56. The second kappa shape index (κ2) is 10.9. The maximum absolute atomic E-state index is 12.1. The van der Waals surface area contributed by atoms with Crippen LogP contribution < -0.4 is 14.8 Å². The zero-order valence-corrected chi connectivity index (χ0v) is 16.7. The summed E-state index contributed by atoms with van der Waals surface area (Å²) in [6.45, 7) is 2.53. The van der Waals surface area contributed by atoms with Crippen LogP contribution in [0.3, 0.4) is 0 Å². The van der Waals surface area contributed by atoms with Crippen LogP contribution in [0.15, 0.2) is 84.9 Å². The lowest BCUT2D eigenvalue weighted by atomic mass is 10.1. The molecule has 0 radical (unpaired) electrons. The monoisotopic (exact) mass is 389 g/mol. The van der Waals surface area contributed by atoms with Crippen molar-refractivity contribution in [2.45, 2.75) is 32.4 Å². The largest absolute Gasteiger partial charge is 0.489 e. The highest BCUT2D eigenvalue weighted by Crippen LogP contribution is 2.18. The van der Waals surface area contributed by atoms with Crippen LogP contribution in [0.1, 0.15) is 24.5 Å². The van der Waals surface area contributed by atoms with Gasteiger partial charge in [-0.25, -0.2) is 0 Å². The van der Waals surface area contributed by atoms with Crippen molar-refractivity contribution in [1.29, 1.82) is 0 Å². The van der Waals surface area contributed by atoms with E-state index in [4.69, 9.17) is 9.47 Å². The van der Waals surface area contributed by atoms with Crippen molar-refractivity contribution in [3.05, 3.63) is 96.1 Å². The molecule has 0 bridgehead atoms. The van der Waals surface area contributed by atoms with Crippen LogP contribution in [-0.2, 0) is 17.8 Å². The summed E-state index contributed by atoms with van der Waals surface area (Å²) < 4.78 is 11.3. The fourth-order valence-corrected chi connectivity index (χ4v) is 2.94. The van der Waals surface area contributed by atoms with E-state index in [0.29, 0.717) is 12.4 Å². The van der Waals surface area contributed by atoms with Gasteiger partial charge in [-0.15, -0.1) is 0 Å². The summed E-state index contributed by atoms with van der Waals surface area (Å²) in [5.41, 5.74) is 2.39. The fraction of sp³-hybridized carbons (Fsp3) is 0.240. The smallest absolute Gasteiger partial charge is 0.258 e. The maximum atomic E-state index is 12.1. The van der Waals surface area contributed by atoms with Gasteiger partial charge < -0.3 is 14.8 Å².